The predicted octanol–water partition coefficient (Wildman–Crippen LogP) is 4.09. The van der Waals surface area contributed by atoms with E-state index in [1.165, 1.54) is 4.90 Å². The number of carbonyl (C=O) groups is 4. The molecule has 0 bridgehead atoms. The lowest BCUT2D eigenvalue weighted by atomic mass is 10.0. The smallest absolute Gasteiger partial charge is 0.408 e. The van der Waals surface area contributed by atoms with E-state index in [0.29, 0.717) is 30.4 Å². The van der Waals surface area contributed by atoms with Gasteiger partial charge in [-0.2, -0.15) is 4.98 Å². The third-order valence-corrected chi connectivity index (χ3v) is 7.56. The van der Waals surface area contributed by atoms with E-state index in [9.17, 15) is 19.2 Å². The highest BCUT2D eigenvalue weighted by Gasteiger charge is 2.43. The first kappa shape index (κ1) is 31.8. The zero-order valence-corrected chi connectivity index (χ0v) is 25.2. The highest BCUT2D eigenvalue weighted by molar-refractivity contribution is 5.91. The molecule has 234 valence electrons. The number of amides is 3. The molecule has 12 heteroatoms. The molecule has 12 nitrogen and oxygen atoms in total. The molecule has 4 rings (SSSR count). The van der Waals surface area contributed by atoms with Crippen LogP contribution in [0.4, 0.5) is 4.79 Å². The monoisotopic (exact) mass is 598 g/mol. The van der Waals surface area contributed by atoms with Gasteiger partial charge >= 0.3 is 18.1 Å². The number of nitrogens with zero attached hydrogens (tertiary/aromatic N) is 2. The van der Waals surface area contributed by atoms with Crippen molar-refractivity contribution in [2.75, 3.05) is 6.54 Å². The summed E-state index contributed by atoms with van der Waals surface area (Å²) in [5.74, 6) is -2.01. The average molecular weight is 599 g/mol. The lowest BCUT2D eigenvalue weighted by Crippen LogP contribution is -2.53. The number of unbranched alkanes of at least 4 members (excludes halogenated alkanes) is 3. The second-order valence-electron chi connectivity index (χ2n) is 12.4. The van der Waals surface area contributed by atoms with E-state index in [0.717, 1.165) is 24.8 Å². The van der Waals surface area contributed by atoms with Crippen LogP contribution < -0.4 is 15.8 Å². The number of benzene rings is 1. The Morgan fingerprint density at radius 3 is 2.65 bits per heavy atom. The fraction of sp³-hybridized carbons (Fsp3) is 0.581. The third kappa shape index (κ3) is 8.95. The first-order valence-electron chi connectivity index (χ1n) is 14.8. The molecule has 1 aromatic carbocycles. The summed E-state index contributed by atoms with van der Waals surface area (Å²) in [6.07, 6.45) is 6.97. The molecule has 2 aromatic rings. The number of rotatable bonds is 13. The summed E-state index contributed by atoms with van der Waals surface area (Å²) >= 11 is 0. The maximum absolute atomic E-state index is 13.8. The van der Waals surface area contributed by atoms with E-state index in [2.05, 4.69) is 10.3 Å². The predicted molar refractivity (Wildman–Crippen MR) is 157 cm³/mol. The van der Waals surface area contributed by atoms with Gasteiger partial charge in [0, 0.05) is 6.42 Å². The normalized spacial score (nSPS) is 22.5. The van der Waals surface area contributed by atoms with Crippen LogP contribution in [-0.4, -0.2) is 69.2 Å². The van der Waals surface area contributed by atoms with Gasteiger partial charge in [-0.1, -0.05) is 31.1 Å². The van der Waals surface area contributed by atoms with Crippen molar-refractivity contribution in [1.29, 1.82) is 0 Å². The molecule has 1 saturated carbocycles. The van der Waals surface area contributed by atoms with Crippen LogP contribution in [0.1, 0.15) is 71.3 Å². The number of aryl methyl sites for hydroxylation is 1. The summed E-state index contributed by atoms with van der Waals surface area (Å²) in [6.45, 7) is 7.21. The third-order valence-electron chi connectivity index (χ3n) is 7.56. The van der Waals surface area contributed by atoms with Gasteiger partial charge in [-0.25, -0.2) is 4.79 Å². The summed E-state index contributed by atoms with van der Waals surface area (Å²) in [7, 11) is 0. The molecule has 1 aliphatic carbocycles. The molecule has 3 amide bonds. The van der Waals surface area contributed by atoms with Crippen LogP contribution in [0.3, 0.4) is 0 Å². The number of carboxylic acids is 1. The van der Waals surface area contributed by atoms with E-state index >= 15 is 0 Å². The first-order valence-corrected chi connectivity index (χ1v) is 14.8. The molecule has 1 saturated heterocycles. The number of carbonyl (C=O) groups excluding carboxylic acids is 3. The van der Waals surface area contributed by atoms with E-state index in [1.54, 1.807) is 26.8 Å². The number of carboxylic acid groups (broad SMARTS) is 1. The molecule has 1 aromatic heterocycles. The number of aromatic nitrogens is 1. The molecular weight excluding hydrogens is 556 g/mol. The zero-order valence-electron chi connectivity index (χ0n) is 25.2. The zero-order chi connectivity index (χ0) is 31.3. The van der Waals surface area contributed by atoms with Gasteiger partial charge in [-0.05, 0) is 77.0 Å². The van der Waals surface area contributed by atoms with Crippen molar-refractivity contribution in [2.45, 2.75) is 96.4 Å². The Kier molecular flexibility index (Phi) is 9.98. The lowest BCUT2D eigenvalue weighted by Gasteiger charge is -2.28. The van der Waals surface area contributed by atoms with Crippen molar-refractivity contribution in [1.82, 2.24) is 15.2 Å². The molecular formula is C31H42N4O8. The molecule has 2 fully saturated rings. The van der Waals surface area contributed by atoms with E-state index in [-0.39, 0.29) is 30.9 Å². The molecule has 0 radical (unpaired) electrons. The molecule has 2 aliphatic rings. The van der Waals surface area contributed by atoms with E-state index < -0.39 is 47.7 Å². The van der Waals surface area contributed by atoms with Crippen molar-refractivity contribution in [3.63, 3.8) is 0 Å². The number of oxazole rings is 1. The van der Waals surface area contributed by atoms with Crippen LogP contribution in [0.15, 0.2) is 34.8 Å². The Hall–Kier alpha value is -4.09. The minimum absolute atomic E-state index is 0.0424. The number of hydrogen-bond acceptors (Lipinski definition) is 8. The van der Waals surface area contributed by atoms with Gasteiger partial charge in [0.1, 0.15) is 29.3 Å². The minimum atomic E-state index is -0.930. The number of hydrogen-bond donors (Lipinski definition) is 3. The van der Waals surface area contributed by atoms with Gasteiger partial charge in [0.15, 0.2) is 5.58 Å². The molecule has 2 heterocycles. The molecule has 5 atom stereocenters. The van der Waals surface area contributed by atoms with Crippen molar-refractivity contribution in [3.05, 3.63) is 35.9 Å². The van der Waals surface area contributed by atoms with Gasteiger partial charge in [0.25, 0.3) is 0 Å². The number of ether oxygens (including phenoxy) is 2. The molecule has 43 heavy (non-hydrogen) atoms. The summed E-state index contributed by atoms with van der Waals surface area (Å²) in [4.78, 5) is 55.5. The second kappa shape index (κ2) is 13.5. The Morgan fingerprint density at radius 2 is 1.98 bits per heavy atom. The fourth-order valence-electron chi connectivity index (χ4n) is 5.28. The van der Waals surface area contributed by atoms with E-state index in [1.807, 2.05) is 31.2 Å². The summed E-state index contributed by atoms with van der Waals surface area (Å²) in [5, 5.41) is 11.7. The Labute approximate surface area is 251 Å². The van der Waals surface area contributed by atoms with Gasteiger partial charge in [0.05, 0.1) is 12.5 Å². The number of alkyl carbamates (subject to hydrolysis) is 1. The summed E-state index contributed by atoms with van der Waals surface area (Å²) in [6, 6.07) is 3.71. The number of aliphatic carboxylic acids is 1. The highest BCUT2D eigenvalue weighted by atomic mass is 16.6. The van der Waals surface area contributed by atoms with Crippen molar-refractivity contribution in [2.24, 2.45) is 17.6 Å². The summed E-state index contributed by atoms with van der Waals surface area (Å²) in [5.41, 5.74) is 7.15. The van der Waals surface area contributed by atoms with Crippen LogP contribution in [0.25, 0.3) is 11.1 Å². The van der Waals surface area contributed by atoms with Crippen LogP contribution in [0.5, 0.6) is 6.08 Å². The van der Waals surface area contributed by atoms with Crippen LogP contribution >= 0.6 is 0 Å². The van der Waals surface area contributed by atoms with Gasteiger partial charge in [0.2, 0.25) is 11.8 Å². The van der Waals surface area contributed by atoms with E-state index in [4.69, 9.17) is 24.7 Å². The summed E-state index contributed by atoms with van der Waals surface area (Å²) < 4.78 is 17.0. The van der Waals surface area contributed by atoms with Crippen molar-refractivity contribution in [3.8, 4) is 6.08 Å². The number of nitrogens with one attached hydrogen (secondary N) is 1. The van der Waals surface area contributed by atoms with Gasteiger partial charge < -0.3 is 34.9 Å². The van der Waals surface area contributed by atoms with Crippen LogP contribution in [0, 0.1) is 18.8 Å². The maximum atomic E-state index is 13.8. The quantitative estimate of drug-likeness (QED) is 0.227. The number of fused-ring (bicyclic) bond motifs is 1. The van der Waals surface area contributed by atoms with Gasteiger partial charge in [-0.3, -0.25) is 14.4 Å². The highest BCUT2D eigenvalue weighted by Crippen LogP contribution is 2.39. The number of likely N-dealkylation sites (tertiary alicyclic amines) is 1. The Balaban J connectivity index is 1.36. The van der Waals surface area contributed by atoms with Crippen molar-refractivity contribution >= 4 is 35.0 Å². The second-order valence-corrected chi connectivity index (χ2v) is 12.4. The number of primary amides is 1. The molecule has 0 unspecified atom stereocenters. The lowest BCUT2D eigenvalue weighted by molar-refractivity contribution is -0.139. The SMILES string of the molecule is Cc1ccc2oc(O[C@@H]3C[C@@H](C(N)=O)N(C(=O)[C@H](CCCCC/C=C\[C@@H]4C[C@@H]4C(=O)O)NC(=O)OC(C)(C)C)C3)nc2c1. The first-order chi connectivity index (χ1) is 20.3. The number of allylic oxidation sites excluding steroid dienone is 2. The topological polar surface area (TPSA) is 174 Å². The minimum Gasteiger partial charge on any atom is -0.481 e. The van der Waals surface area contributed by atoms with Crippen molar-refractivity contribution < 1.29 is 38.2 Å². The van der Waals surface area contributed by atoms with Crippen LogP contribution in [0.2, 0.25) is 0 Å². The molecule has 4 N–H and O–H groups in total. The fourth-order valence-corrected chi connectivity index (χ4v) is 5.28. The standard InChI is InChI=1S/C31H42N4O8/c1-18-12-13-25-23(14-18)34-30(42-25)41-20-16-24(26(32)36)35(17-20)27(37)22(33-29(40)43-31(2,3)4)11-9-7-5-6-8-10-19-15-21(19)28(38)39/h8,10,12-14,19-22,24H,5-7,9,11,15-17H2,1-4H3,(H2,32,36)(H,33,40)(H,38,39)/b10-8-/t19-,20-,21+,22+,24+/m1/s1. The average Bonchev–Trinajstić information content (AvgIpc) is 3.39. The molecule has 1 aliphatic heterocycles. The number of nitrogens with two attached hydrogens (primary N) is 1. The molecule has 0 spiro atoms. The van der Waals surface area contributed by atoms with Gasteiger partial charge in [-0.15, -0.1) is 0 Å². The Bertz CT molecular complexity index is 1360. The Morgan fingerprint density at radius 1 is 1.21 bits per heavy atom. The maximum Gasteiger partial charge on any atom is 0.408 e. The van der Waals surface area contributed by atoms with Crippen LogP contribution in [-0.2, 0) is 19.1 Å². The largest absolute Gasteiger partial charge is 0.481 e.